The van der Waals surface area contributed by atoms with Crippen molar-refractivity contribution in [3.8, 4) is 11.3 Å². The summed E-state index contributed by atoms with van der Waals surface area (Å²) >= 11 is 5.99. The number of aromatic nitrogens is 1. The van der Waals surface area contributed by atoms with Gasteiger partial charge in [-0.2, -0.15) is 0 Å². The molecule has 0 radical (unpaired) electrons. The van der Waals surface area contributed by atoms with Gasteiger partial charge in [0, 0.05) is 5.56 Å². The number of benzene rings is 1. The van der Waals surface area contributed by atoms with Crippen molar-refractivity contribution in [3.63, 3.8) is 0 Å². The summed E-state index contributed by atoms with van der Waals surface area (Å²) in [6.45, 7) is 3.49. The van der Waals surface area contributed by atoms with E-state index in [4.69, 9.17) is 20.9 Å². The van der Waals surface area contributed by atoms with Crippen LogP contribution in [-0.4, -0.2) is 17.7 Å². The highest BCUT2D eigenvalue weighted by Crippen LogP contribution is 2.32. The smallest absolute Gasteiger partial charge is 0.344 e. The molecule has 0 aliphatic heterocycles. The summed E-state index contributed by atoms with van der Waals surface area (Å²) in [5.74, 6) is -0.750. The number of hydrogen-bond donors (Lipinski definition) is 0. The minimum absolute atomic E-state index is 0.161. The summed E-state index contributed by atoms with van der Waals surface area (Å²) in [7, 11) is 0. The van der Waals surface area contributed by atoms with E-state index in [2.05, 4.69) is 5.16 Å². The van der Waals surface area contributed by atoms with Gasteiger partial charge in [0.2, 0.25) is 0 Å². The zero-order valence-corrected chi connectivity index (χ0v) is 11.1. The number of nitrogens with zero attached hydrogens (tertiary/aromatic N) is 1. The number of halogens is 2. The van der Waals surface area contributed by atoms with E-state index in [0.717, 1.165) is 0 Å². The first-order valence-corrected chi connectivity index (χ1v) is 6.01. The first-order chi connectivity index (χ1) is 9.04. The van der Waals surface area contributed by atoms with E-state index in [0.29, 0.717) is 11.3 Å². The van der Waals surface area contributed by atoms with Gasteiger partial charge in [-0.05, 0) is 32.0 Å². The third kappa shape index (κ3) is 2.61. The Hall–Kier alpha value is -1.88. The Balaban J connectivity index is 2.57. The molecule has 2 aromatic rings. The summed E-state index contributed by atoms with van der Waals surface area (Å²) in [5, 5.41) is 4.04. The van der Waals surface area contributed by atoms with Crippen LogP contribution in [0.1, 0.15) is 23.0 Å². The third-order valence-corrected chi connectivity index (χ3v) is 2.86. The molecule has 0 bridgehead atoms. The monoisotopic (exact) mass is 283 g/mol. The minimum Gasteiger partial charge on any atom is -0.462 e. The Labute approximate surface area is 114 Å². The average molecular weight is 284 g/mol. The maximum atomic E-state index is 13.3. The standard InChI is InChI=1S/C13H11ClFNO3/c1-3-18-13(17)11-7(2)19-16-12(11)9-6-8(15)4-5-10(9)14/h4-6H,3H2,1-2H3. The molecule has 0 amide bonds. The lowest BCUT2D eigenvalue weighted by Crippen LogP contribution is -2.06. The van der Waals surface area contributed by atoms with E-state index in [1.807, 2.05) is 0 Å². The van der Waals surface area contributed by atoms with Crippen molar-refractivity contribution in [2.24, 2.45) is 0 Å². The van der Waals surface area contributed by atoms with Crippen LogP contribution in [0.5, 0.6) is 0 Å². The van der Waals surface area contributed by atoms with E-state index >= 15 is 0 Å². The zero-order chi connectivity index (χ0) is 14.0. The van der Waals surface area contributed by atoms with Gasteiger partial charge in [0.05, 0.1) is 11.6 Å². The first-order valence-electron chi connectivity index (χ1n) is 5.63. The molecule has 1 aromatic carbocycles. The molecular formula is C13H11ClFNO3. The molecule has 0 aliphatic carbocycles. The van der Waals surface area contributed by atoms with Gasteiger partial charge in [-0.1, -0.05) is 16.8 Å². The van der Waals surface area contributed by atoms with Crippen LogP contribution < -0.4 is 0 Å². The second-order valence-electron chi connectivity index (χ2n) is 3.81. The third-order valence-electron chi connectivity index (χ3n) is 2.53. The van der Waals surface area contributed by atoms with Crippen molar-refractivity contribution in [3.05, 3.63) is 40.4 Å². The van der Waals surface area contributed by atoms with E-state index in [1.165, 1.54) is 18.2 Å². The van der Waals surface area contributed by atoms with Gasteiger partial charge >= 0.3 is 5.97 Å². The number of aryl methyl sites for hydroxylation is 1. The van der Waals surface area contributed by atoms with Crippen LogP contribution >= 0.6 is 11.6 Å². The van der Waals surface area contributed by atoms with Gasteiger partial charge in [0.25, 0.3) is 0 Å². The highest BCUT2D eigenvalue weighted by molar-refractivity contribution is 6.33. The molecule has 6 heteroatoms. The van der Waals surface area contributed by atoms with E-state index in [9.17, 15) is 9.18 Å². The second-order valence-corrected chi connectivity index (χ2v) is 4.21. The van der Waals surface area contributed by atoms with E-state index in [-0.39, 0.29) is 22.9 Å². The molecule has 0 saturated carbocycles. The molecule has 0 aliphatic rings. The topological polar surface area (TPSA) is 52.3 Å². The maximum Gasteiger partial charge on any atom is 0.344 e. The summed E-state index contributed by atoms with van der Waals surface area (Å²) in [6, 6.07) is 3.82. The van der Waals surface area contributed by atoms with Gasteiger partial charge < -0.3 is 9.26 Å². The normalized spacial score (nSPS) is 10.5. The fraction of sp³-hybridized carbons (Fsp3) is 0.231. The number of hydrogen-bond acceptors (Lipinski definition) is 4. The Morgan fingerprint density at radius 3 is 2.95 bits per heavy atom. The highest BCUT2D eigenvalue weighted by Gasteiger charge is 2.24. The minimum atomic E-state index is -0.573. The maximum absolute atomic E-state index is 13.3. The lowest BCUT2D eigenvalue weighted by molar-refractivity contribution is 0.0525. The van der Waals surface area contributed by atoms with Crippen LogP contribution in [0.3, 0.4) is 0 Å². The average Bonchev–Trinajstić information content (AvgIpc) is 2.74. The van der Waals surface area contributed by atoms with Crippen LogP contribution in [0.15, 0.2) is 22.7 Å². The van der Waals surface area contributed by atoms with Gasteiger partial charge in [-0.25, -0.2) is 9.18 Å². The number of carbonyl (C=O) groups excluding carboxylic acids is 1. The quantitative estimate of drug-likeness (QED) is 0.807. The van der Waals surface area contributed by atoms with Crippen LogP contribution in [0.25, 0.3) is 11.3 Å². The van der Waals surface area contributed by atoms with Crippen molar-refractivity contribution in [2.45, 2.75) is 13.8 Å². The number of ether oxygens (including phenoxy) is 1. The zero-order valence-electron chi connectivity index (χ0n) is 10.4. The molecule has 0 unspecified atom stereocenters. The van der Waals surface area contributed by atoms with E-state index < -0.39 is 11.8 Å². The second kappa shape index (κ2) is 5.40. The molecule has 0 fully saturated rings. The number of carbonyl (C=O) groups is 1. The number of rotatable bonds is 3. The molecule has 0 saturated heterocycles. The molecule has 4 nitrogen and oxygen atoms in total. The van der Waals surface area contributed by atoms with Gasteiger partial charge in [0.1, 0.15) is 22.8 Å². The predicted octanol–water partition coefficient (Wildman–Crippen LogP) is 3.62. The molecule has 1 aromatic heterocycles. The van der Waals surface area contributed by atoms with Gasteiger partial charge in [-0.15, -0.1) is 0 Å². The Morgan fingerprint density at radius 2 is 2.26 bits per heavy atom. The SMILES string of the molecule is CCOC(=O)c1c(-c2cc(F)ccc2Cl)noc1C. The first kappa shape index (κ1) is 13.5. The van der Waals surface area contributed by atoms with Gasteiger partial charge in [0.15, 0.2) is 0 Å². The van der Waals surface area contributed by atoms with Gasteiger partial charge in [-0.3, -0.25) is 0 Å². The molecule has 0 spiro atoms. The Kier molecular flexibility index (Phi) is 3.85. The van der Waals surface area contributed by atoms with Crippen LogP contribution in [-0.2, 0) is 4.74 Å². The van der Waals surface area contributed by atoms with Crippen LogP contribution in [0.4, 0.5) is 4.39 Å². The summed E-state index contributed by atoms with van der Waals surface area (Å²) in [4.78, 5) is 11.9. The lowest BCUT2D eigenvalue weighted by Gasteiger charge is -2.04. The summed E-state index contributed by atoms with van der Waals surface area (Å²) in [5.41, 5.74) is 0.636. The molecule has 0 N–H and O–H groups in total. The highest BCUT2D eigenvalue weighted by atomic mass is 35.5. The molecule has 0 atom stereocenters. The van der Waals surface area contributed by atoms with E-state index in [1.54, 1.807) is 13.8 Å². The van der Waals surface area contributed by atoms with Crippen LogP contribution in [0.2, 0.25) is 5.02 Å². The molecule has 1 heterocycles. The Morgan fingerprint density at radius 1 is 1.53 bits per heavy atom. The largest absolute Gasteiger partial charge is 0.462 e. The van der Waals surface area contributed by atoms with Crippen molar-refractivity contribution in [1.29, 1.82) is 0 Å². The summed E-state index contributed by atoms with van der Waals surface area (Å²) in [6.07, 6.45) is 0. The molecule has 2 rings (SSSR count). The lowest BCUT2D eigenvalue weighted by atomic mass is 10.1. The molecule has 100 valence electrons. The fourth-order valence-electron chi connectivity index (χ4n) is 1.68. The van der Waals surface area contributed by atoms with Crippen molar-refractivity contribution in [1.82, 2.24) is 5.16 Å². The van der Waals surface area contributed by atoms with Crippen molar-refractivity contribution < 1.29 is 18.4 Å². The number of esters is 1. The molecule has 19 heavy (non-hydrogen) atoms. The van der Waals surface area contributed by atoms with Crippen LogP contribution in [0, 0.1) is 12.7 Å². The Bertz CT molecular complexity index is 624. The fourth-order valence-corrected chi connectivity index (χ4v) is 1.89. The van der Waals surface area contributed by atoms with Crippen molar-refractivity contribution in [2.75, 3.05) is 6.61 Å². The predicted molar refractivity (Wildman–Crippen MR) is 67.6 cm³/mol. The van der Waals surface area contributed by atoms with Crippen molar-refractivity contribution >= 4 is 17.6 Å². The summed E-state index contributed by atoms with van der Waals surface area (Å²) < 4.78 is 23.2. The molecular weight excluding hydrogens is 273 g/mol.